The maximum absolute atomic E-state index is 2.39. The Morgan fingerprint density at radius 3 is 2.70 bits per heavy atom. The number of likely N-dealkylation sites (tertiary alicyclic amines) is 1. The zero-order chi connectivity index (χ0) is 7.40. The topological polar surface area (TPSA) is 3.24 Å². The van der Waals surface area contributed by atoms with Crippen LogP contribution in [-0.4, -0.2) is 37.0 Å². The minimum Gasteiger partial charge on any atom is -0.306 e. The molecular formula is C8H17NS. The van der Waals surface area contributed by atoms with Crippen molar-refractivity contribution in [1.82, 2.24) is 4.90 Å². The number of nitrogens with zero attached hydrogens (tertiary/aromatic N) is 1. The molecule has 0 spiro atoms. The van der Waals surface area contributed by atoms with Crippen LogP contribution in [0.15, 0.2) is 0 Å². The van der Waals surface area contributed by atoms with Gasteiger partial charge in [-0.3, -0.25) is 0 Å². The number of hydrogen-bond acceptors (Lipinski definition) is 2. The van der Waals surface area contributed by atoms with Crippen LogP contribution in [-0.2, 0) is 0 Å². The van der Waals surface area contributed by atoms with Gasteiger partial charge in [-0.15, -0.1) is 0 Å². The molecule has 1 aliphatic heterocycles. The van der Waals surface area contributed by atoms with E-state index in [2.05, 4.69) is 18.2 Å². The first kappa shape index (κ1) is 8.41. The van der Waals surface area contributed by atoms with Crippen molar-refractivity contribution in [3.05, 3.63) is 0 Å². The quantitative estimate of drug-likeness (QED) is 0.574. The van der Waals surface area contributed by atoms with E-state index in [1.54, 1.807) is 0 Å². The Balaban J connectivity index is 1.86. The van der Waals surface area contributed by atoms with Crippen molar-refractivity contribution in [1.29, 1.82) is 0 Å². The Morgan fingerprint density at radius 2 is 2.20 bits per heavy atom. The summed E-state index contributed by atoms with van der Waals surface area (Å²) in [5, 5.41) is 0. The summed E-state index contributed by atoms with van der Waals surface area (Å²) < 4.78 is 0. The van der Waals surface area contributed by atoms with Gasteiger partial charge in [0.1, 0.15) is 0 Å². The van der Waals surface area contributed by atoms with Crippen molar-refractivity contribution in [2.45, 2.75) is 12.8 Å². The Morgan fingerprint density at radius 1 is 1.50 bits per heavy atom. The molecule has 2 heteroatoms. The zero-order valence-electron chi connectivity index (χ0n) is 6.97. The van der Waals surface area contributed by atoms with Crippen LogP contribution < -0.4 is 0 Å². The largest absolute Gasteiger partial charge is 0.306 e. The van der Waals surface area contributed by atoms with Crippen molar-refractivity contribution in [3.63, 3.8) is 0 Å². The maximum atomic E-state index is 2.39. The average Bonchev–Trinajstić information content (AvgIpc) is 1.85. The molecule has 0 unspecified atom stereocenters. The van der Waals surface area contributed by atoms with Gasteiger partial charge in [0.2, 0.25) is 0 Å². The SMILES string of the molecule is CSCCCC1CN(C)C1. The standard InChI is InChI=1S/C8H17NS/c1-9-6-8(7-9)4-3-5-10-2/h8H,3-7H2,1-2H3. The molecule has 0 aromatic heterocycles. The van der Waals surface area contributed by atoms with Gasteiger partial charge in [0, 0.05) is 13.1 Å². The fourth-order valence-electron chi connectivity index (χ4n) is 1.53. The average molecular weight is 159 g/mol. The van der Waals surface area contributed by atoms with Gasteiger partial charge in [-0.25, -0.2) is 0 Å². The van der Waals surface area contributed by atoms with E-state index in [-0.39, 0.29) is 0 Å². The maximum Gasteiger partial charge on any atom is 0.00190 e. The highest BCUT2D eigenvalue weighted by Crippen LogP contribution is 2.18. The first-order chi connectivity index (χ1) is 4.83. The van der Waals surface area contributed by atoms with Crippen molar-refractivity contribution in [2.75, 3.05) is 32.1 Å². The number of hydrogen-bond donors (Lipinski definition) is 0. The molecule has 0 saturated carbocycles. The first-order valence-electron chi connectivity index (χ1n) is 4.00. The Hall–Kier alpha value is 0.310. The molecule has 1 saturated heterocycles. The van der Waals surface area contributed by atoms with E-state index < -0.39 is 0 Å². The fourth-order valence-corrected chi connectivity index (χ4v) is 1.98. The van der Waals surface area contributed by atoms with Gasteiger partial charge < -0.3 is 4.90 Å². The second kappa shape index (κ2) is 4.24. The Kier molecular flexibility index (Phi) is 3.57. The van der Waals surface area contributed by atoms with Crippen LogP contribution in [0.25, 0.3) is 0 Å². The van der Waals surface area contributed by atoms with Gasteiger partial charge in [-0.05, 0) is 37.8 Å². The highest BCUT2D eigenvalue weighted by Gasteiger charge is 2.21. The van der Waals surface area contributed by atoms with E-state index in [0.717, 1.165) is 5.92 Å². The second-order valence-corrected chi connectivity index (χ2v) is 4.21. The highest BCUT2D eigenvalue weighted by molar-refractivity contribution is 7.98. The third-order valence-corrected chi connectivity index (χ3v) is 2.80. The summed E-state index contributed by atoms with van der Waals surface area (Å²) in [4.78, 5) is 2.39. The molecule has 0 amide bonds. The summed E-state index contributed by atoms with van der Waals surface area (Å²) in [6, 6.07) is 0. The predicted octanol–water partition coefficient (Wildman–Crippen LogP) is 1.69. The number of thioether (sulfide) groups is 1. The highest BCUT2D eigenvalue weighted by atomic mass is 32.2. The van der Waals surface area contributed by atoms with Crippen LogP contribution in [0.3, 0.4) is 0 Å². The third kappa shape index (κ3) is 2.51. The summed E-state index contributed by atoms with van der Waals surface area (Å²) in [5.74, 6) is 2.37. The van der Waals surface area contributed by atoms with Crippen LogP contribution in [0.4, 0.5) is 0 Å². The molecule has 1 aliphatic rings. The van der Waals surface area contributed by atoms with Gasteiger partial charge in [-0.1, -0.05) is 0 Å². The van der Waals surface area contributed by atoms with Crippen LogP contribution in [0.1, 0.15) is 12.8 Å². The molecule has 0 bridgehead atoms. The van der Waals surface area contributed by atoms with Gasteiger partial charge in [-0.2, -0.15) is 11.8 Å². The van der Waals surface area contributed by atoms with Crippen LogP contribution in [0.5, 0.6) is 0 Å². The van der Waals surface area contributed by atoms with Gasteiger partial charge >= 0.3 is 0 Å². The Labute approximate surface area is 68.2 Å². The summed E-state index contributed by atoms with van der Waals surface area (Å²) in [7, 11) is 2.20. The fraction of sp³-hybridized carbons (Fsp3) is 1.00. The van der Waals surface area contributed by atoms with E-state index in [1.807, 2.05) is 11.8 Å². The van der Waals surface area contributed by atoms with Crippen molar-refractivity contribution < 1.29 is 0 Å². The lowest BCUT2D eigenvalue weighted by Gasteiger charge is -2.36. The third-order valence-electron chi connectivity index (χ3n) is 2.10. The lowest BCUT2D eigenvalue weighted by Crippen LogP contribution is -2.43. The minimum atomic E-state index is 1.03. The van der Waals surface area contributed by atoms with Gasteiger partial charge in [0.15, 0.2) is 0 Å². The molecule has 0 aromatic carbocycles. The molecule has 10 heavy (non-hydrogen) atoms. The second-order valence-electron chi connectivity index (χ2n) is 3.22. The van der Waals surface area contributed by atoms with Crippen LogP contribution in [0, 0.1) is 5.92 Å². The van der Waals surface area contributed by atoms with E-state index >= 15 is 0 Å². The molecule has 1 heterocycles. The molecule has 0 atom stereocenters. The lowest BCUT2D eigenvalue weighted by molar-refractivity contribution is 0.126. The summed E-state index contributed by atoms with van der Waals surface area (Å²) in [6.45, 7) is 2.68. The molecule has 0 aliphatic carbocycles. The summed E-state index contributed by atoms with van der Waals surface area (Å²) >= 11 is 1.97. The molecule has 1 fully saturated rings. The summed E-state index contributed by atoms with van der Waals surface area (Å²) in [6.07, 6.45) is 5.05. The monoisotopic (exact) mass is 159 g/mol. The van der Waals surface area contributed by atoms with E-state index in [9.17, 15) is 0 Å². The number of rotatable bonds is 4. The molecule has 0 radical (unpaired) electrons. The van der Waals surface area contributed by atoms with Gasteiger partial charge in [0.05, 0.1) is 0 Å². The van der Waals surface area contributed by atoms with Crippen LogP contribution in [0.2, 0.25) is 0 Å². The molecule has 0 N–H and O–H groups in total. The van der Waals surface area contributed by atoms with Crippen LogP contribution >= 0.6 is 11.8 Å². The van der Waals surface area contributed by atoms with Crippen molar-refractivity contribution >= 4 is 11.8 Å². The molecule has 1 nitrogen and oxygen atoms in total. The molecule has 0 aromatic rings. The normalized spacial score (nSPS) is 21.0. The molecule has 1 rings (SSSR count). The predicted molar refractivity (Wildman–Crippen MR) is 48.6 cm³/mol. The lowest BCUT2D eigenvalue weighted by atomic mass is 9.96. The van der Waals surface area contributed by atoms with Gasteiger partial charge in [0.25, 0.3) is 0 Å². The Bertz CT molecular complexity index is 89.3. The van der Waals surface area contributed by atoms with E-state index in [4.69, 9.17) is 0 Å². The smallest absolute Gasteiger partial charge is 0.00190 e. The molecular weight excluding hydrogens is 142 g/mol. The van der Waals surface area contributed by atoms with Crippen molar-refractivity contribution in [3.8, 4) is 0 Å². The van der Waals surface area contributed by atoms with Crippen molar-refractivity contribution in [2.24, 2.45) is 5.92 Å². The minimum absolute atomic E-state index is 1.03. The summed E-state index contributed by atoms with van der Waals surface area (Å²) in [5.41, 5.74) is 0. The van der Waals surface area contributed by atoms with E-state index in [0.29, 0.717) is 0 Å². The zero-order valence-corrected chi connectivity index (χ0v) is 7.78. The molecule has 60 valence electrons. The first-order valence-corrected chi connectivity index (χ1v) is 5.40. The van der Waals surface area contributed by atoms with E-state index in [1.165, 1.54) is 31.7 Å².